The molecule has 0 bridgehead atoms. The highest BCUT2D eigenvalue weighted by molar-refractivity contribution is 5.97. The monoisotopic (exact) mass is 465 g/mol. The van der Waals surface area contributed by atoms with Gasteiger partial charge in [0.15, 0.2) is 5.60 Å². The number of imide groups is 1. The zero-order valence-electron chi connectivity index (χ0n) is 20.5. The minimum Gasteiger partial charge on any atom is -0.476 e. The van der Waals surface area contributed by atoms with E-state index in [4.69, 9.17) is 14.7 Å². The number of esters is 1. The Bertz CT molecular complexity index is 1060. The van der Waals surface area contributed by atoms with Crippen molar-refractivity contribution in [3.8, 4) is 11.8 Å². The van der Waals surface area contributed by atoms with Crippen LogP contribution in [0, 0.1) is 25.2 Å². The molecule has 2 aromatic rings. The average molecular weight is 466 g/mol. The van der Waals surface area contributed by atoms with E-state index in [1.54, 1.807) is 45.0 Å². The zero-order chi connectivity index (χ0) is 25.5. The molecule has 34 heavy (non-hydrogen) atoms. The molecule has 180 valence electrons. The summed E-state index contributed by atoms with van der Waals surface area (Å²) in [6.45, 7) is 11.2. The first kappa shape index (κ1) is 26.4. The van der Waals surface area contributed by atoms with Gasteiger partial charge in [0.05, 0.1) is 24.8 Å². The Morgan fingerprint density at radius 1 is 1.09 bits per heavy atom. The van der Waals surface area contributed by atoms with E-state index in [9.17, 15) is 14.4 Å². The van der Waals surface area contributed by atoms with E-state index in [2.05, 4.69) is 0 Å². The molecule has 8 nitrogen and oxygen atoms in total. The number of hydrogen-bond donors (Lipinski definition) is 0. The van der Waals surface area contributed by atoms with Crippen LogP contribution in [0.3, 0.4) is 0 Å². The number of amides is 3. The molecule has 2 aromatic carbocycles. The number of rotatable bonds is 9. The average Bonchev–Trinajstić information content (AvgIpc) is 2.80. The molecule has 0 aliphatic rings. The van der Waals surface area contributed by atoms with Crippen LogP contribution in [0.15, 0.2) is 36.4 Å². The fraction of sp³-hybridized carbons (Fsp3) is 0.385. The summed E-state index contributed by atoms with van der Waals surface area (Å²) in [4.78, 5) is 39.7. The summed E-state index contributed by atoms with van der Waals surface area (Å²) in [5.74, 6) is 0.0941. The Morgan fingerprint density at radius 3 is 2.15 bits per heavy atom. The van der Waals surface area contributed by atoms with Crippen molar-refractivity contribution in [3.63, 3.8) is 0 Å². The molecule has 0 aliphatic carbocycles. The van der Waals surface area contributed by atoms with Gasteiger partial charge in [-0.1, -0.05) is 12.1 Å². The van der Waals surface area contributed by atoms with Gasteiger partial charge in [0, 0.05) is 12.2 Å². The molecule has 0 aromatic heterocycles. The number of nitrogens with zero attached hydrogens (tertiary/aromatic N) is 3. The summed E-state index contributed by atoms with van der Waals surface area (Å²) in [6, 6.07) is 11.8. The van der Waals surface area contributed by atoms with Crippen LogP contribution in [-0.2, 0) is 20.9 Å². The molecule has 0 saturated heterocycles. The smallest absolute Gasteiger partial charge is 0.349 e. The number of hydrogen-bond acceptors (Lipinski definition) is 6. The third-order valence-electron chi connectivity index (χ3n) is 5.23. The predicted molar refractivity (Wildman–Crippen MR) is 128 cm³/mol. The van der Waals surface area contributed by atoms with E-state index in [1.165, 1.54) is 4.90 Å². The number of carbonyl (C=O) groups is 3. The van der Waals surface area contributed by atoms with Gasteiger partial charge < -0.3 is 9.47 Å². The van der Waals surface area contributed by atoms with Gasteiger partial charge in [0.2, 0.25) is 6.41 Å². The van der Waals surface area contributed by atoms with Crippen molar-refractivity contribution in [2.24, 2.45) is 0 Å². The van der Waals surface area contributed by atoms with Crippen LogP contribution in [0.4, 0.5) is 10.5 Å². The Kier molecular flexibility index (Phi) is 8.79. The first-order valence-corrected chi connectivity index (χ1v) is 11.1. The van der Waals surface area contributed by atoms with E-state index in [0.29, 0.717) is 30.0 Å². The van der Waals surface area contributed by atoms with Gasteiger partial charge >= 0.3 is 12.0 Å². The molecular weight excluding hydrogens is 434 g/mol. The number of ether oxygens (including phenoxy) is 2. The lowest BCUT2D eigenvalue weighted by molar-refractivity contribution is -0.158. The predicted octanol–water partition coefficient (Wildman–Crippen LogP) is 4.50. The lowest BCUT2D eigenvalue weighted by Crippen LogP contribution is -2.42. The molecule has 0 atom stereocenters. The highest BCUT2D eigenvalue weighted by atomic mass is 16.6. The molecule has 0 spiro atoms. The molecule has 0 heterocycles. The van der Waals surface area contributed by atoms with Crippen molar-refractivity contribution in [1.29, 1.82) is 5.26 Å². The Morgan fingerprint density at radius 2 is 1.68 bits per heavy atom. The van der Waals surface area contributed by atoms with E-state index in [1.807, 2.05) is 39.0 Å². The number of benzene rings is 2. The third kappa shape index (κ3) is 6.13. The van der Waals surface area contributed by atoms with Crippen molar-refractivity contribution in [1.82, 2.24) is 4.90 Å². The molecule has 3 amide bonds. The number of anilines is 1. The van der Waals surface area contributed by atoms with Crippen molar-refractivity contribution >= 4 is 24.1 Å². The normalized spacial score (nSPS) is 10.7. The molecule has 0 N–H and O–H groups in total. The maximum absolute atomic E-state index is 13.1. The second kappa shape index (κ2) is 11.3. The fourth-order valence-corrected chi connectivity index (χ4v) is 3.54. The lowest BCUT2D eigenvalue weighted by atomic mass is 10.0. The summed E-state index contributed by atoms with van der Waals surface area (Å²) < 4.78 is 11.1. The van der Waals surface area contributed by atoms with Crippen LogP contribution in [0.5, 0.6) is 5.75 Å². The second-order valence-corrected chi connectivity index (χ2v) is 8.31. The van der Waals surface area contributed by atoms with E-state index in [0.717, 1.165) is 21.6 Å². The van der Waals surface area contributed by atoms with Crippen molar-refractivity contribution in [2.45, 2.75) is 53.7 Å². The second-order valence-electron chi connectivity index (χ2n) is 8.31. The van der Waals surface area contributed by atoms with Crippen LogP contribution in [0.25, 0.3) is 0 Å². The van der Waals surface area contributed by atoms with Crippen molar-refractivity contribution < 1.29 is 23.9 Å². The SMILES string of the molecule is CCOC(=O)C(C)(C)Oc1c(C)cc(CN(C=O)C(=O)N(CC)c2ccc(C#N)cc2)cc1C. The van der Waals surface area contributed by atoms with Crippen LogP contribution >= 0.6 is 0 Å². The molecule has 0 aliphatic heterocycles. The van der Waals surface area contributed by atoms with Gasteiger partial charge in [0.1, 0.15) is 5.75 Å². The molecule has 0 radical (unpaired) electrons. The molecule has 0 fully saturated rings. The number of nitriles is 1. The standard InChI is InChI=1S/C26H31N3O5/c1-7-29(22-11-9-20(15-27)10-12-22)25(32)28(17-30)16-21-13-18(3)23(19(4)14-21)34-26(5,6)24(31)33-8-2/h9-14,17H,7-8,16H2,1-6H3. The van der Waals surface area contributed by atoms with Crippen LogP contribution in [-0.4, -0.2) is 42.1 Å². The molecule has 8 heteroatoms. The molecule has 2 rings (SSSR count). The third-order valence-corrected chi connectivity index (χ3v) is 5.23. The first-order valence-electron chi connectivity index (χ1n) is 11.1. The van der Waals surface area contributed by atoms with Gasteiger partial charge in [-0.3, -0.25) is 14.6 Å². The number of urea groups is 1. The lowest BCUT2D eigenvalue weighted by Gasteiger charge is -2.28. The van der Waals surface area contributed by atoms with E-state index >= 15 is 0 Å². The van der Waals surface area contributed by atoms with Gasteiger partial charge in [-0.2, -0.15) is 5.26 Å². The largest absolute Gasteiger partial charge is 0.476 e. The number of carbonyl (C=O) groups excluding carboxylic acids is 3. The summed E-state index contributed by atoms with van der Waals surface area (Å²) in [7, 11) is 0. The Balaban J connectivity index is 2.25. The minimum absolute atomic E-state index is 0.0678. The van der Waals surface area contributed by atoms with Crippen LogP contribution in [0.2, 0.25) is 0 Å². The minimum atomic E-state index is -1.17. The zero-order valence-corrected chi connectivity index (χ0v) is 20.5. The van der Waals surface area contributed by atoms with Gasteiger partial charge in [0.25, 0.3) is 0 Å². The Labute approximate surface area is 200 Å². The van der Waals surface area contributed by atoms with E-state index in [-0.39, 0.29) is 13.2 Å². The Hall–Kier alpha value is -3.86. The highest BCUT2D eigenvalue weighted by Crippen LogP contribution is 2.30. The van der Waals surface area contributed by atoms with Crippen molar-refractivity contribution in [3.05, 3.63) is 58.7 Å². The first-order chi connectivity index (χ1) is 16.1. The van der Waals surface area contributed by atoms with Gasteiger partial charge in [-0.25, -0.2) is 9.59 Å². The summed E-state index contributed by atoms with van der Waals surface area (Å²) in [5.41, 5.74) is 2.19. The topological polar surface area (TPSA) is 99.9 Å². The van der Waals surface area contributed by atoms with E-state index < -0.39 is 17.6 Å². The summed E-state index contributed by atoms with van der Waals surface area (Å²) in [5, 5.41) is 8.98. The fourth-order valence-electron chi connectivity index (χ4n) is 3.54. The van der Waals surface area contributed by atoms with Crippen LogP contribution in [0.1, 0.15) is 49.9 Å². The number of aryl methyl sites for hydroxylation is 2. The molecule has 0 unspecified atom stereocenters. The maximum Gasteiger partial charge on any atom is 0.349 e. The van der Waals surface area contributed by atoms with Gasteiger partial charge in [-0.05, 0) is 82.5 Å². The van der Waals surface area contributed by atoms with Gasteiger partial charge in [-0.15, -0.1) is 0 Å². The summed E-state index contributed by atoms with van der Waals surface area (Å²) in [6.07, 6.45) is 0.508. The van der Waals surface area contributed by atoms with Crippen molar-refractivity contribution in [2.75, 3.05) is 18.1 Å². The maximum atomic E-state index is 13.1. The quantitative estimate of drug-likeness (QED) is 0.399. The molecular formula is C26H31N3O5. The van der Waals surface area contributed by atoms with Crippen LogP contribution < -0.4 is 9.64 Å². The highest BCUT2D eigenvalue weighted by Gasteiger charge is 2.32. The molecule has 0 saturated carbocycles. The summed E-state index contributed by atoms with van der Waals surface area (Å²) >= 11 is 0.